The minimum absolute atomic E-state index is 0.00896. The van der Waals surface area contributed by atoms with E-state index in [1.165, 1.54) is 12.1 Å². The molecule has 20 heavy (non-hydrogen) atoms. The summed E-state index contributed by atoms with van der Waals surface area (Å²) in [5, 5.41) is 19.8. The highest BCUT2D eigenvalue weighted by Gasteiger charge is 2.06. The van der Waals surface area contributed by atoms with Crippen molar-refractivity contribution in [1.29, 1.82) is 5.26 Å². The molecule has 0 aliphatic rings. The molecule has 0 spiro atoms. The summed E-state index contributed by atoms with van der Waals surface area (Å²) in [6.07, 6.45) is 1.74. The number of nitriles is 1. The fraction of sp³-hybridized carbons (Fsp3) is 0. The van der Waals surface area contributed by atoms with Gasteiger partial charge in [-0.05, 0) is 41.5 Å². The lowest BCUT2D eigenvalue weighted by Crippen LogP contribution is -1.88. The van der Waals surface area contributed by atoms with Crippen LogP contribution in [-0.2, 0) is 0 Å². The number of nitro groups is 1. The number of halogens is 1. The number of non-ortho nitro benzene ring substituents is 1. The molecule has 98 valence electrons. The summed E-state index contributed by atoms with van der Waals surface area (Å²) in [6, 6.07) is 15.6. The molecule has 2 aromatic rings. The van der Waals surface area contributed by atoms with Crippen molar-refractivity contribution in [3.63, 3.8) is 0 Å². The van der Waals surface area contributed by atoms with Crippen LogP contribution in [0, 0.1) is 21.4 Å². The van der Waals surface area contributed by atoms with E-state index >= 15 is 0 Å². The number of hydrogen-bond acceptors (Lipinski definition) is 3. The van der Waals surface area contributed by atoms with Crippen LogP contribution in [0.5, 0.6) is 0 Å². The number of nitro benzene ring substituents is 1. The van der Waals surface area contributed by atoms with Gasteiger partial charge in [-0.3, -0.25) is 10.1 Å². The van der Waals surface area contributed by atoms with E-state index in [-0.39, 0.29) is 5.69 Å². The molecule has 0 aliphatic carbocycles. The Morgan fingerprint density at radius 2 is 1.75 bits per heavy atom. The molecule has 0 bridgehead atoms. The van der Waals surface area contributed by atoms with Gasteiger partial charge in [0.1, 0.15) is 0 Å². The molecule has 2 rings (SSSR count). The van der Waals surface area contributed by atoms with Gasteiger partial charge in [0.25, 0.3) is 5.69 Å². The minimum Gasteiger partial charge on any atom is -0.258 e. The summed E-state index contributed by atoms with van der Waals surface area (Å²) >= 11 is 3.35. The maximum Gasteiger partial charge on any atom is 0.269 e. The predicted octanol–water partition coefficient (Wildman–Crippen LogP) is 4.42. The second-order valence-electron chi connectivity index (χ2n) is 4.03. The van der Waals surface area contributed by atoms with Gasteiger partial charge in [-0.15, -0.1) is 0 Å². The SMILES string of the molecule is N#C/C(=C\c1ccc(Br)cc1)c1ccc([N+](=O)[O-])cc1. The minimum atomic E-state index is -0.464. The molecule has 0 aromatic heterocycles. The fourth-order valence-electron chi connectivity index (χ4n) is 1.67. The largest absolute Gasteiger partial charge is 0.269 e. The second-order valence-corrected chi connectivity index (χ2v) is 4.94. The van der Waals surface area contributed by atoms with Crippen molar-refractivity contribution in [2.75, 3.05) is 0 Å². The predicted molar refractivity (Wildman–Crippen MR) is 80.7 cm³/mol. The van der Waals surface area contributed by atoms with E-state index in [1.807, 2.05) is 24.3 Å². The zero-order valence-corrected chi connectivity index (χ0v) is 11.9. The monoisotopic (exact) mass is 328 g/mol. The second kappa shape index (κ2) is 6.13. The average Bonchev–Trinajstić information content (AvgIpc) is 2.47. The number of allylic oxidation sites excluding steroid dienone is 1. The third-order valence-electron chi connectivity index (χ3n) is 2.69. The molecule has 0 atom stereocenters. The Morgan fingerprint density at radius 1 is 1.15 bits per heavy atom. The van der Waals surface area contributed by atoms with Gasteiger partial charge in [0, 0.05) is 16.6 Å². The fourth-order valence-corrected chi connectivity index (χ4v) is 1.93. The summed E-state index contributed by atoms with van der Waals surface area (Å²) in [5.74, 6) is 0. The maximum atomic E-state index is 10.6. The van der Waals surface area contributed by atoms with Crippen LogP contribution < -0.4 is 0 Å². The van der Waals surface area contributed by atoms with Crippen LogP contribution in [0.3, 0.4) is 0 Å². The average molecular weight is 329 g/mol. The first-order chi connectivity index (χ1) is 9.60. The van der Waals surface area contributed by atoms with E-state index in [4.69, 9.17) is 0 Å². The van der Waals surface area contributed by atoms with Crippen molar-refractivity contribution in [1.82, 2.24) is 0 Å². The highest BCUT2D eigenvalue weighted by atomic mass is 79.9. The lowest BCUT2D eigenvalue weighted by molar-refractivity contribution is -0.384. The molecule has 0 radical (unpaired) electrons. The van der Waals surface area contributed by atoms with Crippen molar-refractivity contribution < 1.29 is 4.92 Å². The number of benzene rings is 2. The van der Waals surface area contributed by atoms with Gasteiger partial charge >= 0.3 is 0 Å². The molecule has 4 nitrogen and oxygen atoms in total. The molecule has 5 heteroatoms. The third-order valence-corrected chi connectivity index (χ3v) is 3.22. The smallest absolute Gasteiger partial charge is 0.258 e. The van der Waals surface area contributed by atoms with Crippen LogP contribution in [0.1, 0.15) is 11.1 Å². The van der Waals surface area contributed by atoms with Gasteiger partial charge in [0.2, 0.25) is 0 Å². The van der Waals surface area contributed by atoms with Gasteiger partial charge in [0.15, 0.2) is 0 Å². The first-order valence-corrected chi connectivity index (χ1v) is 6.51. The molecule has 0 fully saturated rings. The Morgan fingerprint density at radius 3 is 2.25 bits per heavy atom. The quantitative estimate of drug-likeness (QED) is 0.362. The van der Waals surface area contributed by atoms with E-state index < -0.39 is 4.92 Å². The first-order valence-electron chi connectivity index (χ1n) is 5.72. The standard InChI is InChI=1S/C15H9BrN2O2/c16-14-5-1-11(2-6-14)9-13(10-17)12-3-7-15(8-4-12)18(19)20/h1-9H/b13-9+. The Kier molecular flexibility index (Phi) is 4.28. The summed E-state index contributed by atoms with van der Waals surface area (Å²) < 4.78 is 0.962. The normalized spacial score (nSPS) is 10.9. The topological polar surface area (TPSA) is 66.9 Å². The Bertz CT molecular complexity index is 698. The van der Waals surface area contributed by atoms with Crippen LogP contribution in [0.25, 0.3) is 11.6 Å². The molecule has 0 aliphatic heterocycles. The van der Waals surface area contributed by atoms with E-state index in [1.54, 1.807) is 18.2 Å². The third kappa shape index (κ3) is 3.31. The lowest BCUT2D eigenvalue weighted by Gasteiger charge is -2.00. The summed E-state index contributed by atoms with van der Waals surface area (Å²) in [6.45, 7) is 0. The molecule has 0 saturated heterocycles. The van der Waals surface area contributed by atoms with Crippen molar-refractivity contribution in [2.24, 2.45) is 0 Å². The molecule has 0 saturated carbocycles. The lowest BCUT2D eigenvalue weighted by atomic mass is 10.0. The molecule has 0 unspecified atom stereocenters. The van der Waals surface area contributed by atoms with Gasteiger partial charge in [-0.2, -0.15) is 5.26 Å². The van der Waals surface area contributed by atoms with E-state index in [2.05, 4.69) is 22.0 Å². The first kappa shape index (κ1) is 14.0. The van der Waals surface area contributed by atoms with Crippen molar-refractivity contribution in [2.45, 2.75) is 0 Å². The molecular weight excluding hydrogens is 320 g/mol. The zero-order chi connectivity index (χ0) is 14.5. The highest BCUT2D eigenvalue weighted by molar-refractivity contribution is 9.10. The Labute approximate surface area is 124 Å². The van der Waals surface area contributed by atoms with Crippen molar-refractivity contribution in [3.05, 3.63) is 74.2 Å². The van der Waals surface area contributed by atoms with E-state index in [0.717, 1.165) is 10.0 Å². The molecule has 0 N–H and O–H groups in total. The van der Waals surface area contributed by atoms with Crippen molar-refractivity contribution in [3.8, 4) is 6.07 Å². The summed E-state index contributed by atoms with van der Waals surface area (Å²) in [5.41, 5.74) is 2.01. The van der Waals surface area contributed by atoms with Crippen LogP contribution in [-0.4, -0.2) is 4.92 Å². The molecule has 0 amide bonds. The van der Waals surface area contributed by atoms with Crippen LogP contribution in [0.15, 0.2) is 53.0 Å². The molecular formula is C15H9BrN2O2. The van der Waals surface area contributed by atoms with Crippen LogP contribution in [0.4, 0.5) is 5.69 Å². The Hall–Kier alpha value is -2.45. The Balaban J connectivity index is 2.35. The van der Waals surface area contributed by atoms with E-state index in [0.29, 0.717) is 11.1 Å². The van der Waals surface area contributed by atoms with Crippen molar-refractivity contribution >= 4 is 33.3 Å². The van der Waals surface area contributed by atoms with Gasteiger partial charge < -0.3 is 0 Å². The van der Waals surface area contributed by atoms with Gasteiger partial charge in [-0.25, -0.2) is 0 Å². The maximum absolute atomic E-state index is 10.6. The van der Waals surface area contributed by atoms with E-state index in [9.17, 15) is 15.4 Å². The van der Waals surface area contributed by atoms with Gasteiger partial charge in [0.05, 0.1) is 16.6 Å². The number of hydrogen-bond donors (Lipinski definition) is 0. The highest BCUT2D eigenvalue weighted by Crippen LogP contribution is 2.21. The zero-order valence-electron chi connectivity index (χ0n) is 10.3. The molecule has 0 heterocycles. The summed E-state index contributed by atoms with van der Waals surface area (Å²) in [7, 11) is 0. The number of nitrogens with zero attached hydrogens (tertiary/aromatic N) is 2. The summed E-state index contributed by atoms with van der Waals surface area (Å²) in [4.78, 5) is 10.1. The molecule has 2 aromatic carbocycles. The van der Waals surface area contributed by atoms with Crippen LogP contribution in [0.2, 0.25) is 0 Å². The van der Waals surface area contributed by atoms with Crippen LogP contribution >= 0.6 is 15.9 Å². The number of rotatable bonds is 3. The van der Waals surface area contributed by atoms with Gasteiger partial charge in [-0.1, -0.05) is 28.1 Å².